The van der Waals surface area contributed by atoms with E-state index in [2.05, 4.69) is 4.99 Å². The molecule has 0 aromatic heterocycles. The molecule has 0 unspecified atom stereocenters. The van der Waals surface area contributed by atoms with Crippen LogP contribution in [-0.2, 0) is 4.79 Å². The molecular formula is C9H7Cl2NO. The normalized spacial score (nSPS) is 9.54. The first-order valence-corrected chi connectivity index (χ1v) is 4.36. The largest absolute Gasteiger partial charge is 0.240 e. The van der Waals surface area contributed by atoms with E-state index in [1.165, 1.54) is 6.08 Å². The van der Waals surface area contributed by atoms with E-state index in [1.54, 1.807) is 13.0 Å². The Morgan fingerprint density at radius 3 is 2.54 bits per heavy atom. The van der Waals surface area contributed by atoms with Crippen LogP contribution in [0.15, 0.2) is 11.1 Å². The van der Waals surface area contributed by atoms with Gasteiger partial charge in [0.15, 0.2) is 0 Å². The Kier molecular flexibility index (Phi) is 3.10. The van der Waals surface area contributed by atoms with Gasteiger partial charge in [-0.2, -0.15) is 4.99 Å². The van der Waals surface area contributed by atoms with Crippen molar-refractivity contribution in [3.63, 3.8) is 0 Å². The van der Waals surface area contributed by atoms with E-state index in [9.17, 15) is 4.79 Å². The van der Waals surface area contributed by atoms with Gasteiger partial charge in [-0.3, -0.25) is 0 Å². The maximum Gasteiger partial charge on any atom is 0.240 e. The number of carbonyl (C=O) groups excluding carboxylic acids is 1. The van der Waals surface area contributed by atoms with Crippen molar-refractivity contribution in [2.75, 3.05) is 0 Å². The number of aliphatic imine (C=N–C) groups is 1. The standard InChI is InChI=1S/C9H7Cl2NO/c1-5-3-7(10)9(12-4-13)6(2)8(5)11/h3H,1-2H3. The van der Waals surface area contributed by atoms with Gasteiger partial charge in [0.25, 0.3) is 0 Å². The summed E-state index contributed by atoms with van der Waals surface area (Å²) in [5.74, 6) is 0. The molecule has 68 valence electrons. The van der Waals surface area contributed by atoms with E-state index in [1.807, 2.05) is 6.92 Å². The summed E-state index contributed by atoms with van der Waals surface area (Å²) in [6.45, 7) is 3.60. The van der Waals surface area contributed by atoms with Crippen LogP contribution in [0.4, 0.5) is 5.69 Å². The third-order valence-corrected chi connectivity index (χ3v) is 2.63. The molecular weight excluding hydrogens is 209 g/mol. The second-order valence-electron chi connectivity index (χ2n) is 2.67. The lowest BCUT2D eigenvalue weighted by atomic mass is 10.1. The fraction of sp³-hybridized carbons (Fsp3) is 0.222. The van der Waals surface area contributed by atoms with Crippen LogP contribution < -0.4 is 0 Å². The van der Waals surface area contributed by atoms with Crippen LogP contribution >= 0.6 is 23.2 Å². The van der Waals surface area contributed by atoms with Gasteiger partial charge in [-0.1, -0.05) is 23.2 Å². The second-order valence-corrected chi connectivity index (χ2v) is 3.45. The Morgan fingerprint density at radius 1 is 1.38 bits per heavy atom. The van der Waals surface area contributed by atoms with Crippen molar-refractivity contribution in [1.29, 1.82) is 0 Å². The molecule has 4 heteroatoms. The van der Waals surface area contributed by atoms with Crippen molar-refractivity contribution in [2.45, 2.75) is 13.8 Å². The highest BCUT2D eigenvalue weighted by Gasteiger charge is 2.09. The highest BCUT2D eigenvalue weighted by Crippen LogP contribution is 2.35. The van der Waals surface area contributed by atoms with E-state index < -0.39 is 0 Å². The fourth-order valence-electron chi connectivity index (χ4n) is 1.08. The van der Waals surface area contributed by atoms with E-state index >= 15 is 0 Å². The first-order chi connectivity index (χ1) is 6.07. The summed E-state index contributed by atoms with van der Waals surface area (Å²) >= 11 is 11.8. The molecule has 13 heavy (non-hydrogen) atoms. The minimum atomic E-state index is 0.396. The average molecular weight is 216 g/mol. The number of halogens is 2. The monoisotopic (exact) mass is 215 g/mol. The molecule has 1 aromatic rings. The Morgan fingerprint density at radius 2 is 2.00 bits per heavy atom. The smallest absolute Gasteiger partial charge is 0.211 e. The molecule has 0 aliphatic carbocycles. The van der Waals surface area contributed by atoms with E-state index in [0.29, 0.717) is 21.3 Å². The van der Waals surface area contributed by atoms with Gasteiger partial charge >= 0.3 is 0 Å². The molecule has 0 aliphatic rings. The molecule has 0 atom stereocenters. The van der Waals surface area contributed by atoms with Crippen LogP contribution in [0.2, 0.25) is 10.0 Å². The van der Waals surface area contributed by atoms with Gasteiger partial charge in [-0.25, -0.2) is 4.79 Å². The van der Waals surface area contributed by atoms with Crippen LogP contribution in [-0.4, -0.2) is 6.08 Å². The quantitative estimate of drug-likeness (QED) is 0.521. The number of hydrogen-bond acceptors (Lipinski definition) is 2. The topological polar surface area (TPSA) is 29.4 Å². The molecule has 1 rings (SSSR count). The van der Waals surface area contributed by atoms with Gasteiger partial charge in [0.05, 0.1) is 10.7 Å². The van der Waals surface area contributed by atoms with Gasteiger partial charge in [0.1, 0.15) is 0 Å². The maximum atomic E-state index is 10.1. The molecule has 0 radical (unpaired) electrons. The Bertz CT molecular complexity index is 395. The molecule has 1 aromatic carbocycles. The number of isocyanates is 1. The van der Waals surface area contributed by atoms with Crippen molar-refractivity contribution in [3.05, 3.63) is 27.2 Å². The first kappa shape index (κ1) is 10.3. The molecule has 0 spiro atoms. The van der Waals surface area contributed by atoms with Gasteiger partial charge < -0.3 is 0 Å². The summed E-state index contributed by atoms with van der Waals surface area (Å²) < 4.78 is 0. The lowest BCUT2D eigenvalue weighted by Crippen LogP contribution is -1.83. The van der Waals surface area contributed by atoms with Crippen molar-refractivity contribution in [3.8, 4) is 0 Å². The van der Waals surface area contributed by atoms with E-state index in [0.717, 1.165) is 5.56 Å². The molecule has 2 nitrogen and oxygen atoms in total. The van der Waals surface area contributed by atoms with Crippen LogP contribution in [0.25, 0.3) is 0 Å². The highest BCUT2D eigenvalue weighted by atomic mass is 35.5. The van der Waals surface area contributed by atoms with Crippen molar-refractivity contribution >= 4 is 35.0 Å². The average Bonchev–Trinajstić information content (AvgIpc) is 2.09. The predicted octanol–water partition coefficient (Wildman–Crippen LogP) is 3.58. The van der Waals surface area contributed by atoms with Gasteiger partial charge in [0.2, 0.25) is 6.08 Å². The third-order valence-electron chi connectivity index (χ3n) is 1.76. The Hall–Kier alpha value is -0.820. The molecule has 0 saturated carbocycles. The zero-order chi connectivity index (χ0) is 10.0. The summed E-state index contributed by atoms with van der Waals surface area (Å²) in [6, 6.07) is 1.67. The molecule has 0 heterocycles. The number of aryl methyl sites for hydroxylation is 1. The highest BCUT2D eigenvalue weighted by molar-refractivity contribution is 6.36. The van der Waals surface area contributed by atoms with E-state index in [4.69, 9.17) is 23.2 Å². The number of rotatable bonds is 1. The predicted molar refractivity (Wildman–Crippen MR) is 53.7 cm³/mol. The van der Waals surface area contributed by atoms with Gasteiger partial charge in [-0.15, -0.1) is 0 Å². The Balaban J connectivity index is 3.52. The van der Waals surface area contributed by atoms with Crippen LogP contribution in [0.5, 0.6) is 0 Å². The molecule has 0 saturated heterocycles. The molecule has 0 aliphatic heterocycles. The van der Waals surface area contributed by atoms with Crippen LogP contribution in [0.3, 0.4) is 0 Å². The van der Waals surface area contributed by atoms with Crippen molar-refractivity contribution in [2.24, 2.45) is 4.99 Å². The lowest BCUT2D eigenvalue weighted by Gasteiger charge is -2.06. The van der Waals surface area contributed by atoms with Gasteiger partial charge in [-0.05, 0) is 31.0 Å². The first-order valence-electron chi connectivity index (χ1n) is 3.61. The molecule has 0 amide bonds. The number of nitrogens with zero attached hydrogens (tertiary/aromatic N) is 1. The molecule has 0 N–H and O–H groups in total. The molecule has 0 fully saturated rings. The fourth-order valence-corrected chi connectivity index (χ4v) is 1.58. The summed E-state index contributed by atoms with van der Waals surface area (Å²) in [6.07, 6.45) is 1.44. The van der Waals surface area contributed by atoms with Crippen molar-refractivity contribution < 1.29 is 4.79 Å². The Labute approximate surface area is 86.2 Å². The number of hydrogen-bond donors (Lipinski definition) is 0. The van der Waals surface area contributed by atoms with Gasteiger partial charge in [0, 0.05) is 5.02 Å². The third kappa shape index (κ3) is 1.92. The van der Waals surface area contributed by atoms with Crippen molar-refractivity contribution in [1.82, 2.24) is 0 Å². The zero-order valence-corrected chi connectivity index (χ0v) is 8.70. The number of benzene rings is 1. The van der Waals surface area contributed by atoms with Crippen LogP contribution in [0.1, 0.15) is 11.1 Å². The minimum Gasteiger partial charge on any atom is -0.211 e. The SMILES string of the molecule is Cc1cc(Cl)c(N=C=O)c(C)c1Cl. The van der Waals surface area contributed by atoms with E-state index in [-0.39, 0.29) is 0 Å². The summed E-state index contributed by atoms with van der Waals surface area (Å²) in [4.78, 5) is 13.6. The lowest BCUT2D eigenvalue weighted by molar-refractivity contribution is 0.565. The van der Waals surface area contributed by atoms with Crippen LogP contribution in [0, 0.1) is 13.8 Å². The summed E-state index contributed by atoms with van der Waals surface area (Å²) in [7, 11) is 0. The summed E-state index contributed by atoms with van der Waals surface area (Å²) in [5, 5.41) is 1.00. The molecule has 0 bridgehead atoms. The minimum absolute atomic E-state index is 0.396. The zero-order valence-electron chi connectivity index (χ0n) is 7.19. The summed E-state index contributed by atoms with van der Waals surface area (Å²) in [5.41, 5.74) is 1.97. The second kappa shape index (κ2) is 3.93. The maximum absolute atomic E-state index is 10.1.